The summed E-state index contributed by atoms with van der Waals surface area (Å²) < 4.78 is 1.69. The molecule has 0 aliphatic rings. The molecule has 0 bridgehead atoms. The van der Waals surface area contributed by atoms with E-state index in [0.717, 1.165) is 0 Å². The van der Waals surface area contributed by atoms with Crippen LogP contribution in [0.4, 0.5) is 0 Å². The van der Waals surface area contributed by atoms with Gasteiger partial charge in [-0.15, -0.1) is 0 Å². The van der Waals surface area contributed by atoms with Crippen LogP contribution in [0.5, 0.6) is 0 Å². The number of amides is 1. The molecule has 0 atom stereocenters. The van der Waals surface area contributed by atoms with Crippen molar-refractivity contribution in [2.24, 2.45) is 5.73 Å². The molecule has 8 heteroatoms. The van der Waals surface area contributed by atoms with Crippen LogP contribution in [0.15, 0.2) is 80.4 Å². The highest BCUT2D eigenvalue weighted by molar-refractivity contribution is 5.99. The molecule has 2 heterocycles. The van der Waals surface area contributed by atoms with Crippen molar-refractivity contribution in [2.75, 3.05) is 0 Å². The third-order valence-corrected chi connectivity index (χ3v) is 2.69. The number of nitrogens with zero attached hydrogens (tertiary/aromatic N) is 6. The first-order chi connectivity index (χ1) is 11.8. The summed E-state index contributed by atoms with van der Waals surface area (Å²) in [4.78, 5) is 31.5. The molecule has 0 saturated heterocycles. The zero-order valence-corrected chi connectivity index (χ0v) is 12.7. The van der Waals surface area contributed by atoms with Gasteiger partial charge in [0.05, 0.1) is 17.3 Å². The number of aromatic nitrogens is 6. The molecule has 0 unspecified atom stereocenters. The highest BCUT2D eigenvalue weighted by atomic mass is 16.1. The van der Waals surface area contributed by atoms with Gasteiger partial charge in [-0.05, 0) is 6.07 Å². The molecular weight excluding hydrogens is 306 g/mol. The molecule has 2 N–H and O–H groups in total. The SMILES string of the molecule is NC(=O)c1ccn2ccnccnccnccnccncc12. The quantitative estimate of drug-likeness (QED) is 0.849. The van der Waals surface area contributed by atoms with Gasteiger partial charge in [0.2, 0.25) is 0 Å². The summed E-state index contributed by atoms with van der Waals surface area (Å²) in [5.41, 5.74) is 6.27. The molecule has 2 aromatic heterocycles. The number of fused-ring (bicyclic) bond motifs is 1. The Kier molecular flexibility index (Phi) is 6.51. The maximum absolute atomic E-state index is 11.5. The molecule has 120 valence electrons. The second kappa shape index (κ2) is 9.36. The van der Waals surface area contributed by atoms with Crippen molar-refractivity contribution in [1.29, 1.82) is 0 Å². The molecule has 0 aromatic carbocycles. The van der Waals surface area contributed by atoms with Crippen LogP contribution in [0.25, 0.3) is 5.52 Å². The minimum atomic E-state index is -0.536. The highest BCUT2D eigenvalue weighted by Gasteiger charge is 2.05. The van der Waals surface area contributed by atoms with Gasteiger partial charge < -0.3 is 10.1 Å². The Labute approximate surface area is 138 Å². The monoisotopic (exact) mass is 321 g/mol. The van der Waals surface area contributed by atoms with E-state index in [4.69, 9.17) is 5.73 Å². The Hall–Kier alpha value is -3.68. The van der Waals surface area contributed by atoms with Crippen LogP contribution in [-0.4, -0.2) is 35.2 Å². The Morgan fingerprint density at radius 3 is 1.79 bits per heavy atom. The van der Waals surface area contributed by atoms with E-state index in [1.165, 1.54) is 55.8 Å². The molecule has 0 radical (unpaired) electrons. The Morgan fingerprint density at radius 2 is 1.25 bits per heavy atom. The second-order valence-corrected chi connectivity index (χ2v) is 4.25. The van der Waals surface area contributed by atoms with Crippen LogP contribution in [-0.2, 0) is 0 Å². The van der Waals surface area contributed by atoms with Crippen molar-refractivity contribution in [1.82, 2.24) is 29.3 Å². The molecule has 0 fully saturated rings. The van der Waals surface area contributed by atoms with Crippen LogP contribution < -0.4 is 5.73 Å². The summed E-state index contributed by atoms with van der Waals surface area (Å²) in [5.74, 6) is -0.536. The maximum atomic E-state index is 11.5. The van der Waals surface area contributed by atoms with Crippen molar-refractivity contribution in [3.8, 4) is 0 Å². The van der Waals surface area contributed by atoms with E-state index >= 15 is 0 Å². The summed E-state index contributed by atoms with van der Waals surface area (Å²) in [6.07, 6.45) is 18.5. The minimum absolute atomic E-state index is 0.359. The number of carbonyl (C=O) groups is 1. The van der Waals surface area contributed by atoms with Crippen LogP contribution in [0.1, 0.15) is 10.4 Å². The first-order valence-corrected chi connectivity index (χ1v) is 6.89. The van der Waals surface area contributed by atoms with Crippen LogP contribution in [0.3, 0.4) is 0 Å². The molecule has 24 heavy (non-hydrogen) atoms. The second-order valence-electron chi connectivity index (χ2n) is 4.25. The third kappa shape index (κ3) is 5.26. The average molecular weight is 321 g/mol. The van der Waals surface area contributed by atoms with Crippen LogP contribution in [0.2, 0.25) is 0 Å². The first-order valence-electron chi connectivity index (χ1n) is 6.89. The molecule has 0 aliphatic heterocycles. The molecule has 0 aliphatic carbocycles. The fraction of sp³-hybridized carbons (Fsp3) is 0. The summed E-state index contributed by atoms with van der Waals surface area (Å²) in [6, 6.07) is 1.62. The van der Waals surface area contributed by atoms with Crippen LogP contribution >= 0.6 is 0 Å². The standard InChI is InChI=1S/C16H15N7O/c17-16(24)14-1-11-23-12-10-21-7-6-19-3-2-18-4-5-20-8-9-22-13-15(14)23/h1-13H,(H2,17,24). The van der Waals surface area contributed by atoms with Crippen molar-refractivity contribution in [2.45, 2.75) is 0 Å². The normalized spacial score (nSPS) is 9.17. The zero-order chi connectivity index (χ0) is 17.0. The average Bonchev–Trinajstić information content (AvgIpc) is 2.97. The van der Waals surface area contributed by atoms with E-state index in [2.05, 4.69) is 24.9 Å². The van der Waals surface area contributed by atoms with Crippen molar-refractivity contribution in [3.05, 3.63) is 86.0 Å². The number of carbonyl (C=O) groups excluding carboxylic acids is 1. The van der Waals surface area contributed by atoms with E-state index in [9.17, 15) is 4.79 Å². The Bertz CT molecular complexity index is 878. The molecule has 2 rings (SSSR count). The smallest absolute Gasteiger partial charge is 0.250 e. The predicted molar refractivity (Wildman–Crippen MR) is 87.8 cm³/mol. The Morgan fingerprint density at radius 1 is 0.750 bits per heavy atom. The molecule has 1 amide bonds. The van der Waals surface area contributed by atoms with Gasteiger partial charge >= 0.3 is 0 Å². The lowest BCUT2D eigenvalue weighted by Gasteiger charge is -1.90. The summed E-state index contributed by atoms with van der Waals surface area (Å²) in [5, 5.41) is 0. The molecule has 2 aromatic rings. The molecule has 0 saturated carbocycles. The fourth-order valence-electron chi connectivity index (χ4n) is 1.66. The minimum Gasteiger partial charge on any atom is -0.366 e. The Balaban J connectivity index is 2.62. The fourth-order valence-corrected chi connectivity index (χ4v) is 1.66. The predicted octanol–water partition coefficient (Wildman–Crippen LogP) is 1.39. The molecular formula is C16H15N7O. The van der Waals surface area contributed by atoms with Crippen LogP contribution in [0, 0.1) is 0 Å². The van der Waals surface area contributed by atoms with E-state index in [1.807, 2.05) is 0 Å². The van der Waals surface area contributed by atoms with E-state index < -0.39 is 5.91 Å². The third-order valence-electron chi connectivity index (χ3n) is 2.69. The number of rotatable bonds is 1. The number of nitrogens with two attached hydrogens (primary N) is 1. The van der Waals surface area contributed by atoms with E-state index in [0.29, 0.717) is 11.1 Å². The lowest BCUT2D eigenvalue weighted by Crippen LogP contribution is -2.10. The topological polar surface area (TPSA) is 112 Å². The zero-order valence-electron chi connectivity index (χ0n) is 12.7. The summed E-state index contributed by atoms with van der Waals surface area (Å²) in [6.45, 7) is 0. The largest absolute Gasteiger partial charge is 0.366 e. The van der Waals surface area contributed by atoms with Gasteiger partial charge in [-0.1, -0.05) is 0 Å². The highest BCUT2D eigenvalue weighted by Crippen LogP contribution is 2.08. The van der Waals surface area contributed by atoms with Crippen molar-refractivity contribution < 1.29 is 4.79 Å². The number of hydrogen-bond acceptors (Lipinski definition) is 6. The van der Waals surface area contributed by atoms with Gasteiger partial charge in [0.1, 0.15) is 0 Å². The van der Waals surface area contributed by atoms with Gasteiger partial charge in [-0.25, -0.2) is 0 Å². The number of hydrogen-bond donors (Lipinski definition) is 1. The van der Waals surface area contributed by atoms with Crippen molar-refractivity contribution in [3.63, 3.8) is 0 Å². The van der Waals surface area contributed by atoms with E-state index in [1.54, 1.807) is 29.1 Å². The van der Waals surface area contributed by atoms with Gasteiger partial charge in [0.25, 0.3) is 5.91 Å². The number of primary amides is 1. The maximum Gasteiger partial charge on any atom is 0.250 e. The van der Waals surface area contributed by atoms with Gasteiger partial charge in [0, 0.05) is 68.2 Å². The summed E-state index contributed by atoms with van der Waals surface area (Å²) >= 11 is 0. The summed E-state index contributed by atoms with van der Waals surface area (Å²) in [7, 11) is 0. The van der Waals surface area contributed by atoms with Gasteiger partial charge in [-0.2, -0.15) is 0 Å². The lowest BCUT2D eigenvalue weighted by molar-refractivity contribution is 0.100. The van der Waals surface area contributed by atoms with Gasteiger partial charge in [-0.3, -0.25) is 29.7 Å². The first kappa shape index (κ1) is 16.7. The van der Waals surface area contributed by atoms with E-state index in [-0.39, 0.29) is 0 Å². The molecule has 8 nitrogen and oxygen atoms in total. The lowest BCUT2D eigenvalue weighted by atomic mass is 10.3. The molecule has 0 spiro atoms. The van der Waals surface area contributed by atoms with Gasteiger partial charge in [0.15, 0.2) is 0 Å². The van der Waals surface area contributed by atoms with Crippen molar-refractivity contribution >= 4 is 11.4 Å².